The van der Waals surface area contributed by atoms with Gasteiger partial charge in [-0.05, 0) is 69.6 Å². The number of ether oxygens (including phenoxy) is 5. The summed E-state index contributed by atoms with van der Waals surface area (Å²) in [4.78, 5) is 48.6. The topological polar surface area (TPSA) is 140 Å². The number of esters is 3. The van der Waals surface area contributed by atoms with E-state index < -0.39 is 36.2 Å². The molecule has 0 aliphatic carbocycles. The van der Waals surface area contributed by atoms with Crippen LogP contribution >= 0.6 is 0 Å². The van der Waals surface area contributed by atoms with E-state index in [9.17, 15) is 19.2 Å². The van der Waals surface area contributed by atoms with E-state index in [1.54, 1.807) is 26.8 Å². The lowest BCUT2D eigenvalue weighted by molar-refractivity contribution is -0.148. The highest BCUT2D eigenvalue weighted by atomic mass is 16.7. The van der Waals surface area contributed by atoms with Crippen LogP contribution in [-0.4, -0.2) is 48.9 Å². The molecule has 0 heterocycles. The van der Waals surface area contributed by atoms with Crippen LogP contribution in [0.1, 0.15) is 79.7 Å². The van der Waals surface area contributed by atoms with Crippen molar-refractivity contribution in [2.45, 2.75) is 98.8 Å². The van der Waals surface area contributed by atoms with Crippen molar-refractivity contribution in [1.82, 2.24) is 0 Å². The summed E-state index contributed by atoms with van der Waals surface area (Å²) in [5, 5.41) is 0. The lowest BCUT2D eigenvalue weighted by Crippen LogP contribution is -2.36. The van der Waals surface area contributed by atoms with Crippen LogP contribution in [0.5, 0.6) is 11.5 Å². The molecule has 38 heavy (non-hydrogen) atoms. The molecule has 0 aromatic heterocycles. The second-order valence-electron chi connectivity index (χ2n) is 10.4. The maximum atomic E-state index is 12.4. The van der Waals surface area contributed by atoms with Gasteiger partial charge in [0, 0.05) is 12.8 Å². The number of benzene rings is 1. The molecular formula is C28H43NO9. The van der Waals surface area contributed by atoms with Gasteiger partial charge in [-0.1, -0.05) is 33.8 Å². The second-order valence-corrected chi connectivity index (χ2v) is 10.4. The highest BCUT2D eigenvalue weighted by molar-refractivity contribution is 5.77. The summed E-state index contributed by atoms with van der Waals surface area (Å²) in [7, 11) is 0. The molecule has 0 aliphatic heterocycles. The molecule has 0 saturated heterocycles. The molecule has 214 valence electrons. The predicted octanol–water partition coefficient (Wildman–Crippen LogP) is 4.73. The van der Waals surface area contributed by atoms with Gasteiger partial charge in [0.25, 0.3) is 0 Å². The van der Waals surface area contributed by atoms with Crippen LogP contribution in [0.15, 0.2) is 18.2 Å². The van der Waals surface area contributed by atoms with Gasteiger partial charge < -0.3 is 29.4 Å². The average molecular weight is 538 g/mol. The minimum atomic E-state index is -1.03. The van der Waals surface area contributed by atoms with E-state index in [1.165, 1.54) is 12.1 Å². The van der Waals surface area contributed by atoms with E-state index >= 15 is 0 Å². The Labute approximate surface area is 225 Å². The minimum absolute atomic E-state index is 0.0710. The van der Waals surface area contributed by atoms with Crippen molar-refractivity contribution in [3.05, 3.63) is 23.8 Å². The lowest BCUT2D eigenvalue weighted by atomic mass is 10.1. The van der Waals surface area contributed by atoms with Crippen LogP contribution in [0.25, 0.3) is 0 Å². The average Bonchev–Trinajstić information content (AvgIpc) is 2.80. The zero-order valence-corrected chi connectivity index (χ0v) is 23.6. The van der Waals surface area contributed by atoms with Gasteiger partial charge >= 0.3 is 24.1 Å². The number of hydrogen-bond donors (Lipinski definition) is 1. The molecule has 0 bridgehead atoms. The van der Waals surface area contributed by atoms with Crippen LogP contribution in [0.4, 0.5) is 4.79 Å². The Morgan fingerprint density at radius 3 is 1.87 bits per heavy atom. The van der Waals surface area contributed by atoms with Crippen LogP contribution in [0.2, 0.25) is 0 Å². The van der Waals surface area contributed by atoms with Crippen LogP contribution < -0.4 is 15.2 Å². The van der Waals surface area contributed by atoms with Gasteiger partial charge in [0.05, 0.1) is 6.10 Å². The van der Waals surface area contributed by atoms with Crippen molar-refractivity contribution in [3.8, 4) is 11.5 Å². The smallest absolute Gasteiger partial charge is 0.461 e. The zero-order chi connectivity index (χ0) is 28.8. The van der Waals surface area contributed by atoms with Crippen LogP contribution in [0, 0.1) is 11.8 Å². The molecule has 2 atom stereocenters. The molecule has 10 heteroatoms. The fraction of sp³-hybridized carbons (Fsp3) is 0.643. The Morgan fingerprint density at radius 2 is 1.34 bits per heavy atom. The third kappa shape index (κ3) is 14.0. The van der Waals surface area contributed by atoms with E-state index in [4.69, 9.17) is 29.4 Å². The van der Waals surface area contributed by atoms with Gasteiger partial charge in [-0.15, -0.1) is 0 Å². The first kappa shape index (κ1) is 32.9. The lowest BCUT2D eigenvalue weighted by Gasteiger charge is -2.17. The minimum Gasteiger partial charge on any atom is -0.461 e. The molecule has 2 N–H and O–H groups in total. The molecule has 1 aromatic carbocycles. The van der Waals surface area contributed by atoms with Gasteiger partial charge in [-0.25, -0.2) is 4.79 Å². The molecular weight excluding hydrogens is 494 g/mol. The van der Waals surface area contributed by atoms with Crippen molar-refractivity contribution in [2.24, 2.45) is 17.6 Å². The number of rotatable bonds is 15. The molecule has 0 unspecified atom stereocenters. The van der Waals surface area contributed by atoms with E-state index in [0.717, 1.165) is 0 Å². The van der Waals surface area contributed by atoms with Crippen LogP contribution in [0.3, 0.4) is 0 Å². The number of hydrogen-bond acceptors (Lipinski definition) is 10. The Hall–Kier alpha value is -3.14. The predicted molar refractivity (Wildman–Crippen MR) is 141 cm³/mol. The summed E-state index contributed by atoms with van der Waals surface area (Å²) in [6, 6.07) is 3.65. The molecule has 0 spiro atoms. The Morgan fingerprint density at radius 1 is 0.789 bits per heavy atom. The quantitative estimate of drug-likeness (QED) is 0.246. The van der Waals surface area contributed by atoms with Gasteiger partial charge in [-0.3, -0.25) is 14.4 Å². The maximum Gasteiger partial charge on any atom is 0.508 e. The van der Waals surface area contributed by atoms with Gasteiger partial charge in [-0.2, -0.15) is 0 Å². The third-order valence-electron chi connectivity index (χ3n) is 5.16. The first-order chi connectivity index (χ1) is 17.8. The van der Waals surface area contributed by atoms with E-state index in [-0.39, 0.29) is 43.5 Å². The van der Waals surface area contributed by atoms with E-state index in [0.29, 0.717) is 30.2 Å². The van der Waals surface area contributed by atoms with E-state index in [2.05, 4.69) is 0 Å². The maximum absolute atomic E-state index is 12.4. The first-order valence-corrected chi connectivity index (χ1v) is 13.1. The molecule has 1 rings (SSSR count). The third-order valence-corrected chi connectivity index (χ3v) is 5.16. The van der Waals surface area contributed by atoms with Crippen molar-refractivity contribution in [1.29, 1.82) is 0 Å². The summed E-state index contributed by atoms with van der Waals surface area (Å²) in [6.45, 7) is 12.8. The molecule has 1 aromatic rings. The number of carbonyl (C=O) groups excluding carboxylic acids is 4. The number of nitrogens with two attached hydrogens (primary N) is 1. The molecule has 10 nitrogen and oxygen atoms in total. The number of carbonyl (C=O) groups is 4. The summed E-state index contributed by atoms with van der Waals surface area (Å²) >= 11 is 0. The van der Waals surface area contributed by atoms with Crippen LogP contribution in [-0.2, 0) is 35.0 Å². The summed E-state index contributed by atoms with van der Waals surface area (Å²) in [6.07, 6.45) is -0.0853. The van der Waals surface area contributed by atoms with Crippen molar-refractivity contribution < 1.29 is 42.9 Å². The molecule has 0 fully saturated rings. The van der Waals surface area contributed by atoms with E-state index in [1.807, 2.05) is 27.7 Å². The fourth-order valence-corrected chi connectivity index (χ4v) is 3.07. The Bertz CT molecular complexity index is 927. The van der Waals surface area contributed by atoms with Crippen molar-refractivity contribution in [2.75, 3.05) is 6.61 Å². The first-order valence-electron chi connectivity index (χ1n) is 13.1. The van der Waals surface area contributed by atoms with Gasteiger partial charge in [0.1, 0.15) is 18.8 Å². The summed E-state index contributed by atoms with van der Waals surface area (Å²) in [5.41, 5.74) is 6.60. The standard InChI is InChI=1S/C28H43NO9/c1-17(2)8-12-25(30)37-23-11-10-21(15-24(23)38-26(31)13-9-18(3)4)14-22(29)27(32)34-16-20(7)36-28(33)35-19(5)6/h10-11,15,17-20,22H,8-9,12-14,16,29H2,1-7H3/t20-,22-/m0/s1. The monoisotopic (exact) mass is 537 g/mol. The largest absolute Gasteiger partial charge is 0.508 e. The Balaban J connectivity index is 2.85. The SMILES string of the molecule is CC(C)CCC(=O)Oc1ccc(C[C@H](N)C(=O)OC[C@H](C)OC(=O)OC(C)C)cc1OC(=O)CCC(C)C. The van der Waals surface area contributed by atoms with Crippen molar-refractivity contribution >= 4 is 24.1 Å². The highest BCUT2D eigenvalue weighted by Crippen LogP contribution is 2.30. The highest BCUT2D eigenvalue weighted by Gasteiger charge is 2.21. The molecule has 0 saturated carbocycles. The normalized spacial score (nSPS) is 12.7. The van der Waals surface area contributed by atoms with Gasteiger partial charge in [0.2, 0.25) is 0 Å². The van der Waals surface area contributed by atoms with Gasteiger partial charge in [0.15, 0.2) is 11.5 Å². The fourth-order valence-electron chi connectivity index (χ4n) is 3.07. The molecule has 0 radical (unpaired) electrons. The van der Waals surface area contributed by atoms with Crippen molar-refractivity contribution in [3.63, 3.8) is 0 Å². The molecule has 0 amide bonds. The second kappa shape index (κ2) is 16.7. The Kier molecular flexibility index (Phi) is 14.4. The summed E-state index contributed by atoms with van der Waals surface area (Å²) in [5.74, 6) is -0.722. The summed E-state index contributed by atoms with van der Waals surface area (Å²) < 4.78 is 26.0. The zero-order valence-electron chi connectivity index (χ0n) is 23.6. The molecule has 0 aliphatic rings.